The monoisotopic (exact) mass is 387 g/mol. The molecule has 6 heteroatoms. The Morgan fingerprint density at radius 3 is 2.76 bits per heavy atom. The highest BCUT2D eigenvalue weighted by Crippen LogP contribution is 2.43. The Kier molecular flexibility index (Phi) is 4.42. The summed E-state index contributed by atoms with van der Waals surface area (Å²) in [6, 6.07) is 12.5. The van der Waals surface area contributed by atoms with Crippen molar-refractivity contribution in [2.24, 2.45) is 0 Å². The third-order valence-corrected chi connectivity index (χ3v) is 6.15. The van der Waals surface area contributed by atoms with E-state index in [4.69, 9.17) is 4.98 Å². The van der Waals surface area contributed by atoms with Gasteiger partial charge in [0.25, 0.3) is 0 Å². The maximum atomic E-state index is 13.1. The molecule has 148 valence electrons. The van der Waals surface area contributed by atoms with Crippen LogP contribution < -0.4 is 0 Å². The Hall–Kier alpha value is -3.02. The fraction of sp³-hybridized carbons (Fsp3) is 0.391. The minimum Gasteiger partial charge on any atom is -0.332 e. The van der Waals surface area contributed by atoms with Crippen LogP contribution in [0.4, 0.5) is 0 Å². The average Bonchev–Trinajstić information content (AvgIpc) is 3.23. The van der Waals surface area contributed by atoms with Gasteiger partial charge in [-0.3, -0.25) is 9.48 Å². The Bertz CT molecular complexity index is 1060. The van der Waals surface area contributed by atoms with Crippen LogP contribution in [0.5, 0.6) is 0 Å². The van der Waals surface area contributed by atoms with Gasteiger partial charge in [0.2, 0.25) is 5.91 Å². The highest BCUT2D eigenvalue weighted by molar-refractivity contribution is 5.78. The Morgan fingerprint density at radius 1 is 1.17 bits per heavy atom. The lowest BCUT2D eigenvalue weighted by Gasteiger charge is -2.36. The normalized spacial score (nSPS) is 20.0. The maximum absolute atomic E-state index is 13.1. The first kappa shape index (κ1) is 18.0. The van der Waals surface area contributed by atoms with Gasteiger partial charge in [0.15, 0.2) is 5.82 Å². The molecule has 2 aliphatic heterocycles. The molecule has 2 aliphatic rings. The first-order valence-electron chi connectivity index (χ1n) is 10.3. The third kappa shape index (κ3) is 3.22. The van der Waals surface area contributed by atoms with Crippen LogP contribution in [0.1, 0.15) is 47.9 Å². The fourth-order valence-electron chi connectivity index (χ4n) is 4.82. The van der Waals surface area contributed by atoms with Gasteiger partial charge < -0.3 is 4.90 Å². The van der Waals surface area contributed by atoms with E-state index in [1.807, 2.05) is 61.1 Å². The molecule has 2 unspecified atom stereocenters. The van der Waals surface area contributed by atoms with E-state index in [0.29, 0.717) is 13.0 Å². The molecule has 2 bridgehead atoms. The first-order valence-corrected chi connectivity index (χ1v) is 10.3. The van der Waals surface area contributed by atoms with Crippen LogP contribution >= 0.6 is 0 Å². The molecular formula is C23H25N5O. The summed E-state index contributed by atoms with van der Waals surface area (Å²) in [5.41, 5.74) is 5.36. The van der Waals surface area contributed by atoms with Crippen molar-refractivity contribution in [3.63, 3.8) is 0 Å². The topological polar surface area (TPSA) is 63.9 Å². The maximum Gasteiger partial charge on any atom is 0.225 e. The molecule has 29 heavy (non-hydrogen) atoms. The lowest BCUT2D eigenvalue weighted by Crippen LogP contribution is -2.42. The summed E-state index contributed by atoms with van der Waals surface area (Å²) in [4.78, 5) is 24.7. The van der Waals surface area contributed by atoms with E-state index in [0.717, 1.165) is 53.3 Å². The van der Waals surface area contributed by atoms with Crippen molar-refractivity contribution in [1.82, 2.24) is 24.6 Å². The van der Waals surface area contributed by atoms with Crippen molar-refractivity contribution in [1.29, 1.82) is 0 Å². The van der Waals surface area contributed by atoms with Gasteiger partial charge in [-0.1, -0.05) is 30.3 Å². The van der Waals surface area contributed by atoms with Crippen LogP contribution in [-0.4, -0.2) is 36.6 Å². The molecule has 1 saturated heterocycles. The fourth-order valence-corrected chi connectivity index (χ4v) is 4.82. The molecule has 2 atom stereocenters. The van der Waals surface area contributed by atoms with E-state index >= 15 is 0 Å². The van der Waals surface area contributed by atoms with Gasteiger partial charge in [0.05, 0.1) is 17.4 Å². The Balaban J connectivity index is 1.36. The van der Waals surface area contributed by atoms with E-state index in [-0.39, 0.29) is 18.0 Å². The summed E-state index contributed by atoms with van der Waals surface area (Å²) in [7, 11) is 0. The molecule has 1 fully saturated rings. The summed E-state index contributed by atoms with van der Waals surface area (Å²) in [5, 5.41) is 4.48. The molecule has 0 N–H and O–H groups in total. The zero-order chi connectivity index (χ0) is 20.0. The number of carbonyl (C=O) groups is 1. The number of nitrogens with zero attached hydrogens (tertiary/aromatic N) is 5. The Labute approximate surface area is 170 Å². The van der Waals surface area contributed by atoms with Gasteiger partial charge in [0, 0.05) is 48.4 Å². The van der Waals surface area contributed by atoms with Crippen LogP contribution in [0.15, 0.2) is 42.6 Å². The van der Waals surface area contributed by atoms with Crippen LogP contribution in [-0.2, 0) is 17.8 Å². The van der Waals surface area contributed by atoms with Crippen LogP contribution in [0.3, 0.4) is 0 Å². The van der Waals surface area contributed by atoms with Crippen molar-refractivity contribution in [3.8, 4) is 11.4 Å². The lowest BCUT2D eigenvalue weighted by molar-refractivity contribution is -0.135. The number of carbonyl (C=O) groups excluding carboxylic acids is 1. The molecule has 1 amide bonds. The molecule has 0 spiro atoms. The molecule has 0 aliphatic carbocycles. The second kappa shape index (κ2) is 7.10. The molecule has 0 radical (unpaired) electrons. The average molecular weight is 387 g/mol. The van der Waals surface area contributed by atoms with E-state index < -0.39 is 0 Å². The largest absolute Gasteiger partial charge is 0.332 e. The van der Waals surface area contributed by atoms with Crippen LogP contribution in [0.2, 0.25) is 0 Å². The van der Waals surface area contributed by atoms with Crippen molar-refractivity contribution >= 4 is 5.91 Å². The highest BCUT2D eigenvalue weighted by atomic mass is 16.2. The highest BCUT2D eigenvalue weighted by Gasteiger charge is 2.43. The van der Waals surface area contributed by atoms with Crippen molar-refractivity contribution in [2.75, 3.05) is 0 Å². The van der Waals surface area contributed by atoms with Crippen molar-refractivity contribution in [2.45, 2.75) is 58.2 Å². The van der Waals surface area contributed by atoms with Crippen LogP contribution in [0.25, 0.3) is 11.4 Å². The van der Waals surface area contributed by atoms with Gasteiger partial charge in [-0.05, 0) is 32.8 Å². The minimum atomic E-state index is 0.113. The number of aromatic nitrogens is 4. The second-order valence-electron chi connectivity index (χ2n) is 8.11. The van der Waals surface area contributed by atoms with E-state index in [2.05, 4.69) is 15.0 Å². The van der Waals surface area contributed by atoms with Gasteiger partial charge in [-0.15, -0.1) is 0 Å². The molecule has 4 heterocycles. The van der Waals surface area contributed by atoms with E-state index in [9.17, 15) is 4.79 Å². The predicted octanol–water partition coefficient (Wildman–Crippen LogP) is 3.64. The molecular weight excluding hydrogens is 362 g/mol. The number of aryl methyl sites for hydroxylation is 3. The summed E-state index contributed by atoms with van der Waals surface area (Å²) < 4.78 is 1.93. The number of fused-ring (bicyclic) bond motifs is 4. The summed E-state index contributed by atoms with van der Waals surface area (Å²) in [5.74, 6) is 0.982. The predicted molar refractivity (Wildman–Crippen MR) is 110 cm³/mol. The molecule has 2 aromatic heterocycles. The minimum absolute atomic E-state index is 0.113. The van der Waals surface area contributed by atoms with Gasteiger partial charge >= 0.3 is 0 Å². The number of hydrogen-bond acceptors (Lipinski definition) is 4. The van der Waals surface area contributed by atoms with E-state index in [1.54, 1.807) is 0 Å². The number of hydrogen-bond donors (Lipinski definition) is 0. The number of benzene rings is 1. The number of amides is 1. The summed E-state index contributed by atoms with van der Waals surface area (Å²) in [6.07, 6.45) is 5.27. The third-order valence-electron chi connectivity index (χ3n) is 6.15. The summed E-state index contributed by atoms with van der Waals surface area (Å²) >= 11 is 0. The zero-order valence-corrected chi connectivity index (χ0v) is 16.9. The molecule has 1 aromatic carbocycles. The van der Waals surface area contributed by atoms with Crippen molar-refractivity contribution < 1.29 is 4.79 Å². The number of rotatable bonds is 4. The second-order valence-corrected chi connectivity index (χ2v) is 8.11. The molecule has 6 nitrogen and oxygen atoms in total. The zero-order valence-electron chi connectivity index (χ0n) is 16.9. The first-order chi connectivity index (χ1) is 14.1. The van der Waals surface area contributed by atoms with Crippen LogP contribution in [0, 0.1) is 13.8 Å². The smallest absolute Gasteiger partial charge is 0.225 e. The van der Waals surface area contributed by atoms with Gasteiger partial charge in [-0.25, -0.2) is 9.97 Å². The standard InChI is InChI=1S/C23H25N5O/c1-15-12-16(2)27(26-15)11-10-22(29)28-18-8-9-21(28)19-14-24-23(25-20(19)13-18)17-6-4-3-5-7-17/h3-7,12,14,18,21H,8-11,13H2,1-2H3. The summed E-state index contributed by atoms with van der Waals surface area (Å²) in [6.45, 7) is 4.65. The molecule has 5 rings (SSSR count). The van der Waals surface area contributed by atoms with E-state index in [1.165, 1.54) is 0 Å². The van der Waals surface area contributed by atoms with Crippen molar-refractivity contribution in [3.05, 3.63) is 65.2 Å². The SMILES string of the molecule is Cc1cc(C)n(CCC(=O)N2C3CCC2c2cnc(-c4ccccc4)nc2C3)n1. The van der Waals surface area contributed by atoms with Gasteiger partial charge in [-0.2, -0.15) is 5.10 Å². The van der Waals surface area contributed by atoms with Gasteiger partial charge in [0.1, 0.15) is 0 Å². The lowest BCUT2D eigenvalue weighted by atomic mass is 9.98. The molecule has 0 saturated carbocycles. The molecule has 3 aromatic rings. The Morgan fingerprint density at radius 2 is 2.00 bits per heavy atom. The quantitative estimate of drug-likeness (QED) is 0.686.